The van der Waals surface area contributed by atoms with E-state index in [4.69, 9.17) is 12.2 Å². The van der Waals surface area contributed by atoms with Crippen molar-refractivity contribution in [2.45, 2.75) is 38.8 Å². The van der Waals surface area contributed by atoms with E-state index in [1.54, 1.807) is 4.68 Å². The van der Waals surface area contributed by atoms with E-state index < -0.39 is 0 Å². The number of H-pyrrole nitrogens is 1. The van der Waals surface area contributed by atoms with E-state index in [1.807, 2.05) is 35.8 Å². The molecular weight excluding hydrogens is 430 g/mol. The van der Waals surface area contributed by atoms with Crippen molar-refractivity contribution < 1.29 is 4.79 Å². The molecule has 1 aliphatic rings. The van der Waals surface area contributed by atoms with E-state index in [-0.39, 0.29) is 12.5 Å². The average Bonchev–Trinajstić information content (AvgIpc) is 3.31. The average molecular weight is 448 g/mol. The van der Waals surface area contributed by atoms with Crippen LogP contribution in [0.2, 0.25) is 0 Å². The molecule has 1 aliphatic carbocycles. The van der Waals surface area contributed by atoms with Crippen LogP contribution in [0.3, 0.4) is 0 Å². The summed E-state index contributed by atoms with van der Waals surface area (Å²) in [6.07, 6.45) is 2.08. The fourth-order valence-corrected chi connectivity index (χ4v) is 3.55. The minimum Gasteiger partial charge on any atom is -0.343 e. The highest BCUT2D eigenvalue weighted by atomic mass is 79.9. The summed E-state index contributed by atoms with van der Waals surface area (Å²) in [6.45, 7) is 2.94. The van der Waals surface area contributed by atoms with Gasteiger partial charge < -0.3 is 9.88 Å². The van der Waals surface area contributed by atoms with E-state index in [1.165, 1.54) is 0 Å². The molecule has 2 N–H and O–H groups in total. The molecule has 10 heteroatoms. The first-order valence-electron chi connectivity index (χ1n) is 8.72. The zero-order valence-corrected chi connectivity index (χ0v) is 17.0. The maximum absolute atomic E-state index is 12.8. The second-order valence-corrected chi connectivity index (χ2v) is 7.66. The molecule has 0 atom stereocenters. The van der Waals surface area contributed by atoms with Gasteiger partial charge in [-0.25, -0.2) is 4.68 Å². The quantitative estimate of drug-likeness (QED) is 0.566. The molecule has 2 heterocycles. The number of amides is 1. The molecule has 1 amide bonds. The highest BCUT2D eigenvalue weighted by molar-refractivity contribution is 9.10. The van der Waals surface area contributed by atoms with Gasteiger partial charge in [0.25, 0.3) is 5.91 Å². The maximum atomic E-state index is 12.8. The van der Waals surface area contributed by atoms with Crippen LogP contribution in [0.25, 0.3) is 5.69 Å². The molecule has 2 aromatic heterocycles. The molecule has 8 nitrogen and oxygen atoms in total. The Labute approximate surface area is 169 Å². The Bertz CT molecular complexity index is 1030. The Morgan fingerprint density at radius 1 is 1.37 bits per heavy atom. The van der Waals surface area contributed by atoms with Crippen LogP contribution in [0.4, 0.5) is 0 Å². The second kappa shape index (κ2) is 7.35. The lowest BCUT2D eigenvalue weighted by Crippen LogP contribution is -2.26. The minimum absolute atomic E-state index is 0.253. The standard InChI is InChI=1S/C17H18BrN7OS/c1-2-24-13(20-22-17(24)27)9-19-16(26)14-15(10-3-4-10)25(23-21-14)12-7-5-11(18)6-8-12/h5-8,10H,2-4,9H2,1H3,(H,19,26)(H,22,27). The van der Waals surface area contributed by atoms with Crippen LogP contribution in [0.15, 0.2) is 28.7 Å². The van der Waals surface area contributed by atoms with Gasteiger partial charge in [-0.3, -0.25) is 9.89 Å². The van der Waals surface area contributed by atoms with Gasteiger partial charge in [-0.2, -0.15) is 5.10 Å². The van der Waals surface area contributed by atoms with Crippen LogP contribution < -0.4 is 5.32 Å². The number of halogens is 1. The number of nitrogens with zero attached hydrogens (tertiary/aromatic N) is 5. The van der Waals surface area contributed by atoms with E-state index in [2.05, 4.69) is 41.8 Å². The molecule has 27 heavy (non-hydrogen) atoms. The second-order valence-electron chi connectivity index (χ2n) is 6.36. The van der Waals surface area contributed by atoms with Crippen molar-refractivity contribution in [3.63, 3.8) is 0 Å². The molecule has 1 saturated carbocycles. The van der Waals surface area contributed by atoms with Gasteiger partial charge in [0.15, 0.2) is 16.3 Å². The number of hydrogen-bond donors (Lipinski definition) is 2. The van der Waals surface area contributed by atoms with Gasteiger partial charge in [-0.1, -0.05) is 21.1 Å². The van der Waals surface area contributed by atoms with Crippen molar-refractivity contribution in [3.05, 3.63) is 50.7 Å². The molecule has 0 radical (unpaired) electrons. The maximum Gasteiger partial charge on any atom is 0.274 e. The normalized spacial score (nSPS) is 13.7. The fourth-order valence-electron chi connectivity index (χ4n) is 3.00. The summed E-state index contributed by atoms with van der Waals surface area (Å²) in [7, 11) is 0. The summed E-state index contributed by atoms with van der Waals surface area (Å²) in [6, 6.07) is 7.79. The van der Waals surface area contributed by atoms with Crippen molar-refractivity contribution in [3.8, 4) is 5.69 Å². The van der Waals surface area contributed by atoms with Gasteiger partial charge in [-0.15, -0.1) is 5.10 Å². The number of carbonyl (C=O) groups is 1. The first kappa shape index (κ1) is 18.1. The van der Waals surface area contributed by atoms with Crippen LogP contribution >= 0.6 is 28.1 Å². The Morgan fingerprint density at radius 3 is 2.78 bits per heavy atom. The molecule has 3 aromatic rings. The third kappa shape index (κ3) is 3.59. The lowest BCUT2D eigenvalue weighted by molar-refractivity contribution is 0.0943. The monoisotopic (exact) mass is 447 g/mol. The number of aromatic amines is 1. The highest BCUT2D eigenvalue weighted by Crippen LogP contribution is 2.42. The van der Waals surface area contributed by atoms with Crippen LogP contribution in [0, 0.1) is 4.77 Å². The molecule has 0 spiro atoms. The number of aromatic nitrogens is 6. The molecule has 1 aromatic carbocycles. The predicted molar refractivity (Wildman–Crippen MR) is 105 cm³/mol. The molecule has 0 aliphatic heterocycles. The summed E-state index contributed by atoms with van der Waals surface area (Å²) >= 11 is 8.61. The van der Waals surface area contributed by atoms with Crippen molar-refractivity contribution in [2.24, 2.45) is 0 Å². The number of hydrogen-bond acceptors (Lipinski definition) is 5. The van der Waals surface area contributed by atoms with Crippen molar-refractivity contribution >= 4 is 34.1 Å². The predicted octanol–water partition coefficient (Wildman–Crippen LogP) is 3.11. The smallest absolute Gasteiger partial charge is 0.274 e. The zero-order chi connectivity index (χ0) is 19.0. The zero-order valence-electron chi connectivity index (χ0n) is 14.6. The largest absolute Gasteiger partial charge is 0.343 e. The van der Waals surface area contributed by atoms with Crippen LogP contribution in [-0.4, -0.2) is 35.7 Å². The number of rotatable bonds is 6. The van der Waals surface area contributed by atoms with E-state index >= 15 is 0 Å². The summed E-state index contributed by atoms with van der Waals surface area (Å²) in [4.78, 5) is 12.8. The van der Waals surface area contributed by atoms with Crippen molar-refractivity contribution in [1.82, 2.24) is 35.1 Å². The van der Waals surface area contributed by atoms with Crippen LogP contribution in [0.5, 0.6) is 0 Å². The summed E-state index contributed by atoms with van der Waals surface area (Å²) in [5.41, 5.74) is 2.13. The number of carbonyl (C=O) groups excluding carboxylic acids is 1. The molecular formula is C17H18BrN7OS. The van der Waals surface area contributed by atoms with E-state index in [0.29, 0.717) is 28.8 Å². The van der Waals surface area contributed by atoms with Gasteiger partial charge in [0.05, 0.1) is 17.9 Å². The molecule has 140 valence electrons. The third-order valence-electron chi connectivity index (χ3n) is 4.52. The minimum atomic E-state index is -0.253. The van der Waals surface area contributed by atoms with Crippen molar-refractivity contribution in [1.29, 1.82) is 0 Å². The lowest BCUT2D eigenvalue weighted by Gasteiger charge is -2.08. The first-order valence-corrected chi connectivity index (χ1v) is 9.92. The summed E-state index contributed by atoms with van der Waals surface area (Å²) < 4.78 is 5.14. The summed E-state index contributed by atoms with van der Waals surface area (Å²) in [5, 5.41) is 18.2. The Balaban J connectivity index is 1.59. The van der Waals surface area contributed by atoms with Gasteiger partial charge >= 0.3 is 0 Å². The lowest BCUT2D eigenvalue weighted by atomic mass is 10.2. The molecule has 0 unspecified atom stereocenters. The van der Waals surface area contributed by atoms with Gasteiger partial charge in [0.2, 0.25) is 0 Å². The van der Waals surface area contributed by atoms with E-state index in [0.717, 1.165) is 28.7 Å². The third-order valence-corrected chi connectivity index (χ3v) is 5.36. The highest BCUT2D eigenvalue weighted by Gasteiger charge is 2.34. The van der Waals surface area contributed by atoms with Gasteiger partial charge in [-0.05, 0) is 56.2 Å². The topological polar surface area (TPSA) is 93.4 Å². The molecule has 0 saturated heterocycles. The Kier molecular flexibility index (Phi) is 4.92. The Morgan fingerprint density at radius 2 is 2.11 bits per heavy atom. The van der Waals surface area contributed by atoms with Crippen LogP contribution in [0.1, 0.15) is 47.7 Å². The SMILES string of the molecule is CCn1c(CNC(=O)c2nnn(-c3ccc(Br)cc3)c2C2CC2)n[nH]c1=S. The molecule has 0 bridgehead atoms. The summed E-state index contributed by atoms with van der Waals surface area (Å²) in [5.74, 6) is 0.746. The molecule has 4 rings (SSSR count). The van der Waals surface area contributed by atoms with E-state index in [9.17, 15) is 4.79 Å². The number of benzene rings is 1. The van der Waals surface area contributed by atoms with Gasteiger partial charge in [0.1, 0.15) is 0 Å². The Hall–Kier alpha value is -2.33. The number of nitrogens with one attached hydrogen (secondary N) is 2. The van der Waals surface area contributed by atoms with Crippen molar-refractivity contribution in [2.75, 3.05) is 0 Å². The first-order chi connectivity index (χ1) is 13.1. The van der Waals surface area contributed by atoms with Gasteiger partial charge in [0, 0.05) is 16.9 Å². The fraction of sp³-hybridized carbons (Fsp3) is 0.353. The molecule has 1 fully saturated rings. The van der Waals surface area contributed by atoms with Crippen LogP contribution in [-0.2, 0) is 13.1 Å².